The summed E-state index contributed by atoms with van der Waals surface area (Å²) in [5.74, 6) is -1.58. The van der Waals surface area contributed by atoms with Crippen molar-refractivity contribution < 1.29 is 18.7 Å². The number of nitrogens with zero attached hydrogens (tertiary/aromatic N) is 1. The zero-order chi connectivity index (χ0) is 25.3. The van der Waals surface area contributed by atoms with Gasteiger partial charge < -0.3 is 4.74 Å². The molecule has 0 atom stereocenters. The SMILES string of the molecule is O=C1NC(=S)N(c2ccccc2F)C(=O)/C1=C/c1cc(Br)c(OCc2ccc(Cl)cc2Cl)c(Br)c1. The van der Waals surface area contributed by atoms with Crippen LogP contribution in [0.5, 0.6) is 5.75 Å². The summed E-state index contributed by atoms with van der Waals surface area (Å²) in [5.41, 5.74) is 0.998. The van der Waals surface area contributed by atoms with Crippen LogP contribution < -0.4 is 15.0 Å². The molecular weight excluding hydrogens is 646 g/mol. The second-order valence-electron chi connectivity index (χ2n) is 7.25. The van der Waals surface area contributed by atoms with Gasteiger partial charge in [-0.05, 0) is 92.1 Å². The van der Waals surface area contributed by atoms with Crippen LogP contribution in [0.3, 0.4) is 0 Å². The maximum atomic E-state index is 14.3. The molecule has 1 aliphatic heterocycles. The van der Waals surface area contributed by atoms with Crippen LogP contribution in [0.25, 0.3) is 6.08 Å². The molecule has 11 heteroatoms. The van der Waals surface area contributed by atoms with Gasteiger partial charge in [-0.3, -0.25) is 14.9 Å². The molecule has 35 heavy (non-hydrogen) atoms. The zero-order valence-electron chi connectivity index (χ0n) is 17.5. The van der Waals surface area contributed by atoms with Crippen LogP contribution in [-0.4, -0.2) is 16.9 Å². The first-order valence-corrected chi connectivity index (χ1v) is 12.6. The van der Waals surface area contributed by atoms with Gasteiger partial charge in [-0.15, -0.1) is 0 Å². The summed E-state index contributed by atoms with van der Waals surface area (Å²) >= 11 is 24.2. The molecule has 1 aliphatic rings. The number of carbonyl (C=O) groups is 2. The lowest BCUT2D eigenvalue weighted by molar-refractivity contribution is -0.122. The first kappa shape index (κ1) is 25.8. The molecule has 0 aromatic heterocycles. The minimum Gasteiger partial charge on any atom is -0.486 e. The Morgan fingerprint density at radius 1 is 1.06 bits per heavy atom. The molecule has 1 N–H and O–H groups in total. The molecule has 0 saturated carbocycles. The Balaban J connectivity index is 1.62. The summed E-state index contributed by atoms with van der Waals surface area (Å²) < 4.78 is 21.4. The molecule has 5 nitrogen and oxygen atoms in total. The van der Waals surface area contributed by atoms with E-state index in [1.807, 2.05) is 0 Å². The number of halogens is 5. The fraction of sp³-hybridized carbons (Fsp3) is 0.0417. The van der Waals surface area contributed by atoms with Gasteiger partial charge in [0.1, 0.15) is 23.7 Å². The predicted molar refractivity (Wildman–Crippen MR) is 145 cm³/mol. The van der Waals surface area contributed by atoms with Crippen molar-refractivity contribution in [2.24, 2.45) is 0 Å². The van der Waals surface area contributed by atoms with Crippen LogP contribution in [0.1, 0.15) is 11.1 Å². The van der Waals surface area contributed by atoms with Gasteiger partial charge in [-0.25, -0.2) is 9.29 Å². The summed E-state index contributed by atoms with van der Waals surface area (Å²) in [6, 6.07) is 14.1. The highest BCUT2D eigenvalue weighted by atomic mass is 79.9. The summed E-state index contributed by atoms with van der Waals surface area (Å²) in [5, 5.41) is 3.24. The number of carbonyl (C=O) groups excluding carboxylic acids is 2. The Morgan fingerprint density at radius 2 is 1.74 bits per heavy atom. The first-order valence-electron chi connectivity index (χ1n) is 9.87. The number of para-hydroxylation sites is 1. The molecule has 1 saturated heterocycles. The van der Waals surface area contributed by atoms with Crippen molar-refractivity contribution in [2.75, 3.05) is 4.90 Å². The van der Waals surface area contributed by atoms with E-state index in [9.17, 15) is 14.0 Å². The number of amides is 2. The minimum atomic E-state index is -0.742. The molecule has 0 spiro atoms. The Morgan fingerprint density at radius 3 is 2.40 bits per heavy atom. The van der Waals surface area contributed by atoms with Crippen molar-refractivity contribution in [1.82, 2.24) is 5.32 Å². The van der Waals surface area contributed by atoms with Crippen molar-refractivity contribution in [3.05, 3.63) is 96.1 Å². The van der Waals surface area contributed by atoms with Crippen LogP contribution in [0.4, 0.5) is 10.1 Å². The van der Waals surface area contributed by atoms with E-state index >= 15 is 0 Å². The topological polar surface area (TPSA) is 58.6 Å². The molecule has 1 fully saturated rings. The second kappa shape index (κ2) is 10.8. The molecule has 3 aromatic rings. The van der Waals surface area contributed by atoms with Gasteiger partial charge in [-0.2, -0.15) is 0 Å². The lowest BCUT2D eigenvalue weighted by Gasteiger charge is -2.29. The first-order chi connectivity index (χ1) is 16.7. The maximum Gasteiger partial charge on any atom is 0.270 e. The van der Waals surface area contributed by atoms with E-state index in [1.54, 1.807) is 36.4 Å². The zero-order valence-corrected chi connectivity index (χ0v) is 23.0. The molecule has 0 unspecified atom stereocenters. The van der Waals surface area contributed by atoms with Crippen molar-refractivity contribution in [3.63, 3.8) is 0 Å². The van der Waals surface area contributed by atoms with Crippen molar-refractivity contribution >= 4 is 96.0 Å². The second-order valence-corrected chi connectivity index (χ2v) is 10.2. The number of nitrogens with one attached hydrogen (secondary N) is 1. The van der Waals surface area contributed by atoms with Crippen LogP contribution in [0, 0.1) is 5.82 Å². The molecule has 1 heterocycles. The molecule has 3 aromatic carbocycles. The third-order valence-electron chi connectivity index (χ3n) is 4.91. The van der Waals surface area contributed by atoms with E-state index in [0.717, 1.165) is 10.5 Å². The molecule has 0 bridgehead atoms. The lowest BCUT2D eigenvalue weighted by Crippen LogP contribution is -2.54. The third kappa shape index (κ3) is 5.59. The fourth-order valence-electron chi connectivity index (χ4n) is 3.27. The van der Waals surface area contributed by atoms with Crippen molar-refractivity contribution in [2.45, 2.75) is 6.61 Å². The van der Waals surface area contributed by atoms with E-state index in [0.29, 0.717) is 30.3 Å². The van der Waals surface area contributed by atoms with Crippen LogP contribution in [0.2, 0.25) is 10.0 Å². The highest BCUT2D eigenvalue weighted by Gasteiger charge is 2.35. The van der Waals surface area contributed by atoms with Gasteiger partial charge in [0.05, 0.1) is 14.6 Å². The quantitative estimate of drug-likeness (QED) is 0.181. The standard InChI is InChI=1S/C24H13Br2Cl2FN2O3S/c25-16-8-12(9-17(26)21(16)34-11-13-5-6-14(27)10-18(13)28)7-15-22(32)30-24(35)31(23(15)33)20-4-2-1-3-19(20)29/h1-10H,11H2,(H,30,32,35)/b15-7+. The van der Waals surface area contributed by atoms with Crippen molar-refractivity contribution in [1.29, 1.82) is 0 Å². The number of thiocarbonyl (C=S) groups is 1. The van der Waals surface area contributed by atoms with Crippen molar-refractivity contribution in [3.8, 4) is 5.75 Å². The summed E-state index contributed by atoms with van der Waals surface area (Å²) in [6.07, 6.45) is 1.39. The van der Waals surface area contributed by atoms with E-state index in [2.05, 4.69) is 37.2 Å². The van der Waals surface area contributed by atoms with Gasteiger partial charge in [0.25, 0.3) is 11.8 Å². The largest absolute Gasteiger partial charge is 0.486 e. The minimum absolute atomic E-state index is 0.0552. The smallest absolute Gasteiger partial charge is 0.270 e. The predicted octanol–water partition coefficient (Wildman–Crippen LogP) is 7.07. The van der Waals surface area contributed by atoms with E-state index in [1.165, 1.54) is 24.3 Å². The maximum absolute atomic E-state index is 14.3. The summed E-state index contributed by atoms with van der Waals surface area (Å²) in [4.78, 5) is 26.6. The number of rotatable bonds is 5. The van der Waals surface area contributed by atoms with Gasteiger partial charge in [0, 0.05) is 15.6 Å². The highest BCUT2D eigenvalue weighted by molar-refractivity contribution is 9.11. The number of hydrogen-bond acceptors (Lipinski definition) is 4. The Bertz CT molecular complexity index is 1390. The van der Waals surface area contributed by atoms with E-state index in [-0.39, 0.29) is 23.0 Å². The molecule has 0 radical (unpaired) electrons. The average molecular weight is 659 g/mol. The van der Waals surface area contributed by atoms with Gasteiger partial charge in [0.2, 0.25) is 0 Å². The molecule has 4 rings (SSSR count). The highest BCUT2D eigenvalue weighted by Crippen LogP contribution is 2.37. The summed E-state index contributed by atoms with van der Waals surface area (Å²) in [6.45, 7) is 0.184. The van der Waals surface area contributed by atoms with Crippen LogP contribution >= 0.6 is 67.3 Å². The van der Waals surface area contributed by atoms with Gasteiger partial charge >= 0.3 is 0 Å². The summed E-state index contributed by atoms with van der Waals surface area (Å²) in [7, 11) is 0. The van der Waals surface area contributed by atoms with E-state index in [4.69, 9.17) is 40.2 Å². The number of anilines is 1. The van der Waals surface area contributed by atoms with Gasteiger partial charge in [-0.1, -0.05) is 41.4 Å². The number of ether oxygens (including phenoxy) is 1. The lowest BCUT2D eigenvalue weighted by atomic mass is 10.1. The monoisotopic (exact) mass is 656 g/mol. The van der Waals surface area contributed by atoms with Gasteiger partial charge in [0.15, 0.2) is 5.11 Å². The molecule has 178 valence electrons. The molecule has 2 amide bonds. The van der Waals surface area contributed by atoms with E-state index < -0.39 is 17.6 Å². The Hall–Kier alpha value is -2.30. The Kier molecular flexibility index (Phi) is 7.92. The third-order valence-corrected chi connectivity index (χ3v) is 6.96. The normalized spacial score (nSPS) is 14.9. The Labute approximate surface area is 232 Å². The van der Waals surface area contributed by atoms with Crippen LogP contribution in [0.15, 0.2) is 69.1 Å². The fourth-order valence-corrected chi connectivity index (χ4v) is 5.45. The molecular formula is C24H13Br2Cl2FN2O3S. The number of hydrogen-bond donors (Lipinski definition) is 1. The number of benzene rings is 3. The van der Waals surface area contributed by atoms with Crippen LogP contribution in [-0.2, 0) is 16.2 Å². The average Bonchev–Trinajstić information content (AvgIpc) is 2.78. The molecule has 0 aliphatic carbocycles.